The first-order valence-corrected chi connectivity index (χ1v) is 11.0. The lowest BCUT2D eigenvalue weighted by molar-refractivity contribution is 0.00246. The minimum atomic E-state index is -0.294. The maximum atomic E-state index is 13.4. The maximum Gasteiger partial charge on any atom is 0.191 e. The molecule has 3 atom stereocenters. The van der Waals surface area contributed by atoms with Gasteiger partial charge >= 0.3 is 0 Å². The van der Waals surface area contributed by atoms with Crippen LogP contribution in [0.2, 0.25) is 0 Å². The maximum absolute atomic E-state index is 13.4. The van der Waals surface area contributed by atoms with Gasteiger partial charge < -0.3 is 24.8 Å². The summed E-state index contributed by atoms with van der Waals surface area (Å²) in [5.41, 5.74) is 0. The second-order valence-corrected chi connectivity index (χ2v) is 7.78. The first kappa shape index (κ1) is 22.8. The van der Waals surface area contributed by atoms with Crippen molar-refractivity contribution in [2.45, 2.75) is 31.9 Å². The third-order valence-electron chi connectivity index (χ3n) is 5.78. The third-order valence-corrected chi connectivity index (χ3v) is 5.78. The fourth-order valence-corrected chi connectivity index (χ4v) is 3.99. The average Bonchev–Trinajstić information content (AvgIpc) is 3.30. The third kappa shape index (κ3) is 6.82. The zero-order chi connectivity index (χ0) is 21.2. The Hall–Kier alpha value is -1.90. The van der Waals surface area contributed by atoms with Crippen molar-refractivity contribution in [1.29, 1.82) is 0 Å². The molecule has 0 radical (unpaired) electrons. The molecule has 0 amide bonds. The van der Waals surface area contributed by atoms with Crippen LogP contribution in [0.25, 0.3) is 0 Å². The van der Waals surface area contributed by atoms with Crippen LogP contribution in [0, 0.1) is 11.7 Å². The van der Waals surface area contributed by atoms with E-state index in [0.29, 0.717) is 24.3 Å². The van der Waals surface area contributed by atoms with E-state index in [1.165, 1.54) is 12.1 Å². The Morgan fingerprint density at radius 2 is 2.03 bits per heavy atom. The Kier molecular flexibility index (Phi) is 9.17. The van der Waals surface area contributed by atoms with Crippen LogP contribution in [0.1, 0.15) is 19.8 Å². The summed E-state index contributed by atoms with van der Waals surface area (Å²) < 4.78 is 30.5. The van der Waals surface area contributed by atoms with E-state index in [9.17, 15) is 4.39 Å². The molecule has 0 aromatic heterocycles. The van der Waals surface area contributed by atoms with Gasteiger partial charge in [-0.25, -0.2) is 4.39 Å². The molecule has 30 heavy (non-hydrogen) atoms. The summed E-state index contributed by atoms with van der Waals surface area (Å²) >= 11 is 0. The smallest absolute Gasteiger partial charge is 0.191 e. The van der Waals surface area contributed by atoms with Crippen LogP contribution >= 0.6 is 0 Å². The SMILES string of the molecule is CCC(CNC(=NC)NCC(C1CCOC1)N1CCOCC1)Oc1cccc(F)c1. The molecule has 7 nitrogen and oxygen atoms in total. The predicted octanol–water partition coefficient (Wildman–Crippen LogP) is 1.89. The summed E-state index contributed by atoms with van der Waals surface area (Å²) in [6.07, 6.45) is 1.81. The second kappa shape index (κ2) is 12.1. The van der Waals surface area contributed by atoms with E-state index in [0.717, 1.165) is 64.9 Å². The number of benzene rings is 1. The Morgan fingerprint density at radius 3 is 2.70 bits per heavy atom. The van der Waals surface area contributed by atoms with Crippen LogP contribution < -0.4 is 15.4 Å². The van der Waals surface area contributed by atoms with Gasteiger partial charge in [0.2, 0.25) is 0 Å². The molecule has 3 unspecified atom stereocenters. The first-order valence-electron chi connectivity index (χ1n) is 11.0. The number of nitrogens with zero attached hydrogens (tertiary/aromatic N) is 2. The summed E-state index contributed by atoms with van der Waals surface area (Å²) in [4.78, 5) is 6.87. The predicted molar refractivity (Wildman–Crippen MR) is 116 cm³/mol. The lowest BCUT2D eigenvalue weighted by Gasteiger charge is -2.37. The molecule has 0 aliphatic carbocycles. The van der Waals surface area contributed by atoms with Gasteiger partial charge in [-0.15, -0.1) is 0 Å². The van der Waals surface area contributed by atoms with Gasteiger partial charge in [0.05, 0.1) is 26.4 Å². The fraction of sp³-hybridized carbons (Fsp3) is 0.682. The number of ether oxygens (including phenoxy) is 3. The molecule has 2 aliphatic rings. The van der Waals surface area contributed by atoms with Crippen LogP contribution in [-0.2, 0) is 9.47 Å². The van der Waals surface area contributed by atoms with Gasteiger partial charge in [-0.2, -0.15) is 0 Å². The number of morpholine rings is 1. The molecule has 2 heterocycles. The van der Waals surface area contributed by atoms with Crippen molar-refractivity contribution in [3.8, 4) is 5.75 Å². The zero-order valence-corrected chi connectivity index (χ0v) is 18.1. The molecule has 8 heteroatoms. The first-order chi connectivity index (χ1) is 14.7. The molecule has 1 aromatic carbocycles. The van der Waals surface area contributed by atoms with Crippen LogP contribution in [-0.4, -0.2) is 82.7 Å². The molecular formula is C22H35FN4O3. The summed E-state index contributed by atoms with van der Waals surface area (Å²) in [7, 11) is 1.77. The largest absolute Gasteiger partial charge is 0.489 e. The van der Waals surface area contributed by atoms with E-state index in [-0.39, 0.29) is 11.9 Å². The van der Waals surface area contributed by atoms with Crippen LogP contribution in [0.15, 0.2) is 29.3 Å². The Balaban J connectivity index is 1.50. The highest BCUT2D eigenvalue weighted by atomic mass is 19.1. The number of hydrogen-bond acceptors (Lipinski definition) is 5. The van der Waals surface area contributed by atoms with Crippen molar-refractivity contribution >= 4 is 5.96 Å². The van der Waals surface area contributed by atoms with Gasteiger partial charge in [0.15, 0.2) is 5.96 Å². The molecule has 168 valence electrons. The van der Waals surface area contributed by atoms with Gasteiger partial charge in [0.1, 0.15) is 17.7 Å². The van der Waals surface area contributed by atoms with Gasteiger partial charge in [0.25, 0.3) is 0 Å². The topological polar surface area (TPSA) is 67.4 Å². The summed E-state index contributed by atoms with van der Waals surface area (Å²) in [5.74, 6) is 1.51. The lowest BCUT2D eigenvalue weighted by atomic mass is 9.97. The van der Waals surface area contributed by atoms with Crippen molar-refractivity contribution in [3.05, 3.63) is 30.1 Å². The van der Waals surface area contributed by atoms with E-state index in [1.54, 1.807) is 19.2 Å². The molecular weight excluding hydrogens is 387 g/mol. The van der Waals surface area contributed by atoms with Gasteiger partial charge in [-0.1, -0.05) is 13.0 Å². The minimum Gasteiger partial charge on any atom is -0.489 e. The van der Waals surface area contributed by atoms with Crippen LogP contribution in [0.3, 0.4) is 0 Å². The Morgan fingerprint density at radius 1 is 1.23 bits per heavy atom. The normalized spacial score (nSPS) is 22.5. The monoisotopic (exact) mass is 422 g/mol. The molecule has 1 aromatic rings. The summed E-state index contributed by atoms with van der Waals surface area (Å²) in [6, 6.07) is 6.64. The van der Waals surface area contributed by atoms with E-state index >= 15 is 0 Å². The van der Waals surface area contributed by atoms with E-state index in [2.05, 4.69) is 27.4 Å². The van der Waals surface area contributed by atoms with E-state index in [1.807, 2.05) is 0 Å². The molecule has 2 N–H and O–H groups in total. The number of hydrogen-bond donors (Lipinski definition) is 2. The van der Waals surface area contributed by atoms with Gasteiger partial charge in [-0.3, -0.25) is 9.89 Å². The molecule has 0 saturated carbocycles. The quantitative estimate of drug-likeness (QED) is 0.468. The number of rotatable bonds is 9. The van der Waals surface area contributed by atoms with Crippen molar-refractivity contribution in [2.24, 2.45) is 10.9 Å². The highest BCUT2D eigenvalue weighted by Crippen LogP contribution is 2.22. The highest BCUT2D eigenvalue weighted by Gasteiger charge is 2.31. The molecule has 2 aliphatic heterocycles. The zero-order valence-electron chi connectivity index (χ0n) is 18.1. The minimum absolute atomic E-state index is 0.0800. The number of halogens is 1. The standard InChI is InChI=1S/C22H35FN4O3/c1-3-19(30-20-6-4-5-18(23)13-20)14-25-22(24-2)26-15-21(17-7-10-29-16-17)27-8-11-28-12-9-27/h4-6,13,17,19,21H,3,7-12,14-16H2,1-2H3,(H2,24,25,26). The van der Waals surface area contributed by atoms with Crippen molar-refractivity contribution < 1.29 is 18.6 Å². The molecule has 3 rings (SSSR count). The second-order valence-electron chi connectivity index (χ2n) is 7.78. The molecule has 2 fully saturated rings. The molecule has 0 spiro atoms. The Labute approximate surface area is 179 Å². The lowest BCUT2D eigenvalue weighted by Crippen LogP contribution is -2.54. The van der Waals surface area contributed by atoms with Crippen molar-refractivity contribution in [3.63, 3.8) is 0 Å². The van der Waals surface area contributed by atoms with Crippen molar-refractivity contribution in [2.75, 3.05) is 59.7 Å². The summed E-state index contributed by atoms with van der Waals surface area (Å²) in [6.45, 7) is 8.57. The number of nitrogens with one attached hydrogen (secondary N) is 2. The molecule has 0 bridgehead atoms. The van der Waals surface area contributed by atoms with Crippen molar-refractivity contribution in [1.82, 2.24) is 15.5 Å². The average molecular weight is 423 g/mol. The number of guanidine groups is 1. The summed E-state index contributed by atoms with van der Waals surface area (Å²) in [5, 5.41) is 6.83. The molecule has 2 saturated heterocycles. The Bertz CT molecular complexity index is 664. The van der Waals surface area contributed by atoms with E-state index < -0.39 is 0 Å². The number of aliphatic imine (C=N–C) groups is 1. The van der Waals surface area contributed by atoms with Crippen LogP contribution in [0.4, 0.5) is 4.39 Å². The fourth-order valence-electron chi connectivity index (χ4n) is 3.99. The van der Waals surface area contributed by atoms with E-state index in [4.69, 9.17) is 14.2 Å². The van der Waals surface area contributed by atoms with Crippen LogP contribution in [0.5, 0.6) is 5.75 Å². The van der Waals surface area contributed by atoms with Gasteiger partial charge in [0, 0.05) is 51.3 Å². The van der Waals surface area contributed by atoms with Gasteiger partial charge in [-0.05, 0) is 25.0 Å². The highest BCUT2D eigenvalue weighted by molar-refractivity contribution is 5.79.